The van der Waals surface area contributed by atoms with Gasteiger partial charge in [-0.25, -0.2) is 0 Å². The molecule has 0 saturated heterocycles. The molecular formula is C15H23NO2. The van der Waals surface area contributed by atoms with Crippen molar-refractivity contribution in [3.05, 3.63) is 29.8 Å². The lowest BCUT2D eigenvalue weighted by atomic mass is 9.76. The van der Waals surface area contributed by atoms with Gasteiger partial charge in [0.15, 0.2) is 0 Å². The van der Waals surface area contributed by atoms with Crippen LogP contribution in [-0.2, 0) is 4.84 Å². The van der Waals surface area contributed by atoms with Gasteiger partial charge in [-0.15, -0.1) is 0 Å². The average molecular weight is 249 g/mol. The molecule has 1 aromatic rings. The molecule has 1 N–H and O–H groups in total. The van der Waals surface area contributed by atoms with Gasteiger partial charge in [0.05, 0.1) is 13.7 Å². The number of hydrogen-bond donors (Lipinski definition) is 1. The van der Waals surface area contributed by atoms with E-state index in [9.17, 15) is 0 Å². The maximum Gasteiger partial charge on any atom is 0.122 e. The van der Waals surface area contributed by atoms with Crippen LogP contribution < -0.4 is 10.2 Å². The minimum Gasteiger partial charge on any atom is -0.496 e. The lowest BCUT2D eigenvalue weighted by molar-refractivity contribution is -0.0213. The van der Waals surface area contributed by atoms with Gasteiger partial charge in [0, 0.05) is 6.04 Å². The summed E-state index contributed by atoms with van der Waals surface area (Å²) in [5.74, 6) is 2.17. The van der Waals surface area contributed by atoms with Crippen molar-refractivity contribution in [2.75, 3.05) is 13.7 Å². The second-order valence-electron chi connectivity index (χ2n) is 5.43. The first kappa shape index (κ1) is 13.4. The Hall–Kier alpha value is -1.06. The molecule has 18 heavy (non-hydrogen) atoms. The predicted molar refractivity (Wildman–Crippen MR) is 72.7 cm³/mol. The van der Waals surface area contributed by atoms with Gasteiger partial charge in [0.1, 0.15) is 5.75 Å². The van der Waals surface area contributed by atoms with E-state index in [1.807, 2.05) is 12.1 Å². The Bertz CT molecular complexity index is 373. The lowest BCUT2D eigenvalue weighted by Crippen LogP contribution is -2.40. The van der Waals surface area contributed by atoms with E-state index in [0.717, 1.165) is 25.2 Å². The van der Waals surface area contributed by atoms with E-state index in [1.54, 1.807) is 7.11 Å². The predicted octanol–water partition coefficient (Wildman–Crippen LogP) is 3.12. The van der Waals surface area contributed by atoms with Crippen molar-refractivity contribution in [1.82, 2.24) is 5.48 Å². The molecule has 0 atom stereocenters. The molecule has 1 aromatic carbocycles. The van der Waals surface area contributed by atoms with Crippen LogP contribution in [0.4, 0.5) is 0 Å². The summed E-state index contributed by atoms with van der Waals surface area (Å²) in [7, 11) is 1.74. The van der Waals surface area contributed by atoms with Crippen LogP contribution in [0.5, 0.6) is 5.75 Å². The molecule has 3 heteroatoms. The fraction of sp³-hybridized carbons (Fsp3) is 0.600. The summed E-state index contributed by atoms with van der Waals surface area (Å²) in [4.78, 5) is 5.46. The van der Waals surface area contributed by atoms with Crippen LogP contribution in [0.2, 0.25) is 0 Å². The molecule has 0 amide bonds. The smallest absolute Gasteiger partial charge is 0.122 e. The van der Waals surface area contributed by atoms with Crippen molar-refractivity contribution in [3.8, 4) is 5.75 Å². The van der Waals surface area contributed by atoms with Crippen LogP contribution >= 0.6 is 0 Å². The Kier molecular flexibility index (Phi) is 4.61. The largest absolute Gasteiger partial charge is 0.496 e. The summed E-state index contributed by atoms with van der Waals surface area (Å²) in [5.41, 5.74) is 4.47. The molecule has 0 aromatic heterocycles. The maximum absolute atomic E-state index is 5.46. The van der Waals surface area contributed by atoms with Crippen molar-refractivity contribution < 1.29 is 9.57 Å². The zero-order valence-corrected chi connectivity index (χ0v) is 11.5. The zero-order chi connectivity index (χ0) is 13.0. The third-order valence-corrected chi connectivity index (χ3v) is 3.38. The van der Waals surface area contributed by atoms with Crippen LogP contribution in [0, 0.1) is 5.92 Å². The van der Waals surface area contributed by atoms with Crippen LogP contribution in [0.3, 0.4) is 0 Å². The van der Waals surface area contributed by atoms with Crippen molar-refractivity contribution in [2.45, 2.75) is 38.6 Å². The summed E-state index contributed by atoms with van der Waals surface area (Å²) >= 11 is 0. The first-order valence-corrected chi connectivity index (χ1v) is 6.71. The Labute approximate surface area is 109 Å². The molecule has 0 bridgehead atoms. The molecule has 0 radical (unpaired) electrons. The lowest BCUT2D eigenvalue weighted by Gasteiger charge is -2.36. The molecule has 0 aliphatic heterocycles. The summed E-state index contributed by atoms with van der Waals surface area (Å²) < 4.78 is 5.40. The topological polar surface area (TPSA) is 30.5 Å². The number of hydrogen-bond acceptors (Lipinski definition) is 3. The number of rotatable bonds is 6. The first-order chi connectivity index (χ1) is 8.70. The molecule has 2 rings (SSSR count). The third kappa shape index (κ3) is 3.24. The Morgan fingerprint density at radius 3 is 2.67 bits per heavy atom. The highest BCUT2D eigenvalue weighted by atomic mass is 16.6. The third-order valence-electron chi connectivity index (χ3n) is 3.38. The van der Waals surface area contributed by atoms with E-state index >= 15 is 0 Å². The first-order valence-electron chi connectivity index (χ1n) is 6.71. The highest BCUT2D eigenvalue weighted by Gasteiger charge is 2.32. The maximum atomic E-state index is 5.46. The summed E-state index contributed by atoms with van der Waals surface area (Å²) in [6.07, 6.45) is 2.25. The molecule has 1 saturated carbocycles. The van der Waals surface area contributed by atoms with Crippen LogP contribution in [0.15, 0.2) is 24.3 Å². The van der Waals surface area contributed by atoms with E-state index in [-0.39, 0.29) is 0 Å². The number of para-hydroxylation sites is 1. The van der Waals surface area contributed by atoms with E-state index < -0.39 is 0 Å². The van der Waals surface area contributed by atoms with Crippen molar-refractivity contribution in [1.29, 1.82) is 0 Å². The summed E-state index contributed by atoms with van der Waals surface area (Å²) in [6, 6.07) is 8.77. The molecule has 1 aliphatic carbocycles. The van der Waals surface area contributed by atoms with E-state index in [2.05, 4.69) is 31.5 Å². The number of hydroxylamine groups is 1. The summed E-state index contributed by atoms with van der Waals surface area (Å²) in [5, 5.41) is 0. The van der Waals surface area contributed by atoms with Gasteiger partial charge in [-0.1, -0.05) is 32.0 Å². The van der Waals surface area contributed by atoms with E-state index in [4.69, 9.17) is 9.57 Å². The van der Waals surface area contributed by atoms with E-state index in [0.29, 0.717) is 17.9 Å². The molecule has 1 fully saturated rings. The SMILES string of the molecule is COc1ccccc1C1CC(NOCC(C)C)C1. The van der Waals surface area contributed by atoms with Gasteiger partial charge >= 0.3 is 0 Å². The monoisotopic (exact) mass is 249 g/mol. The van der Waals surface area contributed by atoms with Crippen LogP contribution in [0.25, 0.3) is 0 Å². The summed E-state index contributed by atoms with van der Waals surface area (Å²) in [6.45, 7) is 5.08. The molecular weight excluding hydrogens is 226 g/mol. The quantitative estimate of drug-likeness (QED) is 0.786. The molecule has 0 spiro atoms. The zero-order valence-electron chi connectivity index (χ0n) is 11.5. The Morgan fingerprint density at radius 1 is 1.28 bits per heavy atom. The minimum absolute atomic E-state index is 0.485. The second kappa shape index (κ2) is 6.21. The molecule has 3 nitrogen and oxygen atoms in total. The van der Waals surface area contributed by atoms with Crippen LogP contribution in [0.1, 0.15) is 38.2 Å². The minimum atomic E-state index is 0.485. The number of nitrogens with one attached hydrogen (secondary N) is 1. The van der Waals surface area contributed by atoms with Gasteiger partial charge in [-0.3, -0.25) is 0 Å². The van der Waals surface area contributed by atoms with Crippen molar-refractivity contribution in [2.24, 2.45) is 5.92 Å². The normalized spacial score (nSPS) is 22.9. The van der Waals surface area contributed by atoms with Crippen molar-refractivity contribution >= 4 is 0 Å². The van der Waals surface area contributed by atoms with Gasteiger partial charge in [-0.05, 0) is 36.3 Å². The second-order valence-corrected chi connectivity index (χ2v) is 5.43. The fourth-order valence-electron chi connectivity index (χ4n) is 2.30. The standard InChI is InChI=1S/C15H23NO2/c1-11(2)10-18-16-13-8-12(9-13)14-6-4-5-7-15(14)17-3/h4-7,11-13,16H,8-10H2,1-3H3. The average Bonchev–Trinajstić information content (AvgIpc) is 2.32. The molecule has 0 unspecified atom stereocenters. The van der Waals surface area contributed by atoms with Gasteiger partial charge in [0.2, 0.25) is 0 Å². The van der Waals surface area contributed by atoms with Crippen molar-refractivity contribution in [3.63, 3.8) is 0 Å². The Morgan fingerprint density at radius 2 is 2.00 bits per heavy atom. The number of methoxy groups -OCH3 is 1. The number of benzene rings is 1. The van der Waals surface area contributed by atoms with Gasteiger partial charge in [0.25, 0.3) is 0 Å². The highest BCUT2D eigenvalue weighted by molar-refractivity contribution is 5.37. The number of ether oxygens (including phenoxy) is 1. The molecule has 1 aliphatic rings. The van der Waals surface area contributed by atoms with Crippen LogP contribution in [-0.4, -0.2) is 19.8 Å². The fourth-order valence-corrected chi connectivity index (χ4v) is 2.30. The Balaban J connectivity index is 1.78. The highest BCUT2D eigenvalue weighted by Crippen LogP contribution is 2.40. The molecule has 100 valence electrons. The van der Waals surface area contributed by atoms with Gasteiger partial charge in [-0.2, -0.15) is 5.48 Å². The molecule has 0 heterocycles. The van der Waals surface area contributed by atoms with E-state index in [1.165, 1.54) is 5.56 Å². The van der Waals surface area contributed by atoms with Gasteiger partial charge < -0.3 is 9.57 Å².